The number of rotatable bonds is 1. The number of aromatic nitrogens is 1. The lowest BCUT2D eigenvalue weighted by molar-refractivity contribution is 0.0863. The number of Topliss-reactive ketones (excluding diaryl/α,β-unsaturated/α-hetero) is 2. The summed E-state index contributed by atoms with van der Waals surface area (Å²) in [6.07, 6.45) is 3.22. The lowest BCUT2D eigenvalue weighted by Gasteiger charge is -2.13. The van der Waals surface area contributed by atoms with Gasteiger partial charge in [-0.3, -0.25) is 14.6 Å². The van der Waals surface area contributed by atoms with E-state index in [0.29, 0.717) is 16.7 Å². The van der Waals surface area contributed by atoms with Gasteiger partial charge in [0.05, 0.1) is 0 Å². The van der Waals surface area contributed by atoms with Crippen LogP contribution in [0, 0.1) is 0 Å². The fraction of sp³-hybridized carbons (Fsp3) is 0.0500. The molecule has 0 aliphatic heterocycles. The van der Waals surface area contributed by atoms with Gasteiger partial charge in [-0.05, 0) is 28.8 Å². The molecule has 110 valence electrons. The van der Waals surface area contributed by atoms with Gasteiger partial charge in [0.25, 0.3) is 0 Å². The van der Waals surface area contributed by atoms with Crippen LogP contribution >= 0.6 is 0 Å². The molecule has 3 heteroatoms. The van der Waals surface area contributed by atoms with E-state index < -0.39 is 5.92 Å². The van der Waals surface area contributed by atoms with Crippen molar-refractivity contribution in [3.8, 4) is 11.1 Å². The van der Waals surface area contributed by atoms with Gasteiger partial charge in [-0.25, -0.2) is 0 Å². The van der Waals surface area contributed by atoms with E-state index in [9.17, 15) is 9.59 Å². The van der Waals surface area contributed by atoms with Crippen LogP contribution in [0.5, 0.6) is 0 Å². The van der Waals surface area contributed by atoms with Crippen molar-refractivity contribution in [3.05, 3.63) is 89.7 Å². The van der Waals surface area contributed by atoms with Crippen LogP contribution in [-0.2, 0) is 0 Å². The van der Waals surface area contributed by atoms with Gasteiger partial charge in [-0.15, -0.1) is 0 Å². The second-order valence-corrected chi connectivity index (χ2v) is 5.53. The maximum atomic E-state index is 13.1. The van der Waals surface area contributed by atoms with E-state index in [4.69, 9.17) is 0 Å². The van der Waals surface area contributed by atoms with Crippen molar-refractivity contribution in [3.63, 3.8) is 0 Å². The van der Waals surface area contributed by atoms with Crippen LogP contribution in [0.4, 0.5) is 0 Å². The molecule has 0 atom stereocenters. The van der Waals surface area contributed by atoms with E-state index in [-0.39, 0.29) is 11.6 Å². The molecular weight excluding hydrogens is 286 g/mol. The summed E-state index contributed by atoms with van der Waals surface area (Å²) in [5.41, 5.74) is 3.50. The van der Waals surface area contributed by atoms with Crippen LogP contribution in [0.3, 0.4) is 0 Å². The molecule has 0 amide bonds. The lowest BCUT2D eigenvalue weighted by Crippen LogP contribution is -2.21. The average Bonchev–Trinajstić information content (AvgIpc) is 2.71. The Morgan fingerprint density at radius 2 is 1.04 bits per heavy atom. The number of carbonyl (C=O) groups is 2. The third-order valence-corrected chi connectivity index (χ3v) is 4.24. The molecule has 23 heavy (non-hydrogen) atoms. The van der Waals surface area contributed by atoms with Crippen LogP contribution in [0.1, 0.15) is 32.2 Å². The van der Waals surface area contributed by atoms with E-state index in [1.807, 2.05) is 36.4 Å². The van der Waals surface area contributed by atoms with E-state index in [0.717, 1.165) is 11.1 Å². The molecule has 1 heterocycles. The highest BCUT2D eigenvalue weighted by Gasteiger charge is 2.35. The van der Waals surface area contributed by atoms with Crippen LogP contribution < -0.4 is 0 Å². The molecule has 2 aromatic carbocycles. The van der Waals surface area contributed by atoms with Crippen molar-refractivity contribution in [2.24, 2.45) is 0 Å². The van der Waals surface area contributed by atoms with E-state index >= 15 is 0 Å². The first-order valence-corrected chi connectivity index (χ1v) is 7.44. The first-order valence-electron chi connectivity index (χ1n) is 7.44. The number of hydrogen-bond acceptors (Lipinski definition) is 3. The van der Waals surface area contributed by atoms with Crippen LogP contribution in [0.2, 0.25) is 0 Å². The standard InChI is InChI=1S/C20H13NO2/c22-19-16-7-3-1-5-14(16)15-6-2-4-8-17(15)20(23)18(19)13-9-11-21-12-10-13/h1-12,18H. The number of nitrogens with zero attached hydrogens (tertiary/aromatic N) is 1. The van der Waals surface area contributed by atoms with Gasteiger partial charge in [0, 0.05) is 23.5 Å². The smallest absolute Gasteiger partial charge is 0.178 e. The highest BCUT2D eigenvalue weighted by Crippen LogP contribution is 2.37. The van der Waals surface area contributed by atoms with E-state index in [2.05, 4.69) is 4.98 Å². The largest absolute Gasteiger partial charge is 0.293 e. The zero-order valence-electron chi connectivity index (χ0n) is 12.3. The third kappa shape index (κ3) is 2.09. The predicted molar refractivity (Wildman–Crippen MR) is 87.5 cm³/mol. The van der Waals surface area contributed by atoms with Crippen molar-refractivity contribution in [2.75, 3.05) is 0 Å². The summed E-state index contributed by atoms with van der Waals surface area (Å²) in [5.74, 6) is -1.14. The summed E-state index contributed by atoms with van der Waals surface area (Å²) in [4.78, 5) is 30.1. The number of ketones is 2. The van der Waals surface area contributed by atoms with Crippen molar-refractivity contribution in [1.82, 2.24) is 4.98 Å². The van der Waals surface area contributed by atoms with Crippen molar-refractivity contribution >= 4 is 11.6 Å². The Labute approximate surface area is 133 Å². The molecule has 0 saturated heterocycles. The third-order valence-electron chi connectivity index (χ3n) is 4.24. The number of benzene rings is 2. The fourth-order valence-electron chi connectivity index (χ4n) is 3.15. The number of carbonyl (C=O) groups excluding carboxylic acids is 2. The molecule has 0 N–H and O–H groups in total. The molecular formula is C20H13NO2. The van der Waals surface area contributed by atoms with Crippen LogP contribution in [0.25, 0.3) is 11.1 Å². The van der Waals surface area contributed by atoms with Crippen LogP contribution in [0.15, 0.2) is 73.1 Å². The second-order valence-electron chi connectivity index (χ2n) is 5.53. The van der Waals surface area contributed by atoms with Crippen molar-refractivity contribution in [2.45, 2.75) is 5.92 Å². The minimum Gasteiger partial charge on any atom is -0.293 e. The zero-order chi connectivity index (χ0) is 15.8. The normalized spacial score (nSPS) is 14.1. The number of hydrogen-bond donors (Lipinski definition) is 0. The van der Waals surface area contributed by atoms with Gasteiger partial charge < -0.3 is 0 Å². The quantitative estimate of drug-likeness (QED) is 0.640. The average molecular weight is 299 g/mol. The molecule has 4 rings (SSSR count). The molecule has 1 aliphatic rings. The minimum absolute atomic E-state index is 0.159. The van der Waals surface area contributed by atoms with Gasteiger partial charge in [-0.1, -0.05) is 48.5 Å². The van der Waals surface area contributed by atoms with Gasteiger partial charge in [-0.2, -0.15) is 0 Å². The molecule has 3 aromatic rings. The Morgan fingerprint density at radius 1 is 0.609 bits per heavy atom. The Hall–Kier alpha value is -3.07. The molecule has 3 nitrogen and oxygen atoms in total. The summed E-state index contributed by atoms with van der Waals surface area (Å²) < 4.78 is 0. The lowest BCUT2D eigenvalue weighted by atomic mass is 9.87. The summed E-state index contributed by atoms with van der Waals surface area (Å²) in [6, 6.07) is 18.3. The number of pyridine rings is 1. The monoisotopic (exact) mass is 299 g/mol. The number of fused-ring (bicyclic) bond motifs is 3. The maximum absolute atomic E-state index is 13.1. The van der Waals surface area contributed by atoms with Crippen molar-refractivity contribution < 1.29 is 9.59 Å². The molecule has 1 aliphatic carbocycles. The molecule has 0 bridgehead atoms. The Bertz CT molecular complexity index is 858. The highest BCUT2D eigenvalue weighted by molar-refractivity contribution is 6.26. The highest BCUT2D eigenvalue weighted by atomic mass is 16.2. The predicted octanol–water partition coefficient (Wildman–Crippen LogP) is 3.91. The fourth-order valence-corrected chi connectivity index (χ4v) is 3.15. The van der Waals surface area contributed by atoms with Gasteiger partial charge in [0.2, 0.25) is 0 Å². The molecule has 0 unspecified atom stereocenters. The first-order chi connectivity index (χ1) is 11.3. The summed E-state index contributed by atoms with van der Waals surface area (Å²) in [7, 11) is 0. The summed E-state index contributed by atoms with van der Waals surface area (Å²) in [6.45, 7) is 0. The summed E-state index contributed by atoms with van der Waals surface area (Å²) in [5, 5.41) is 0. The Balaban J connectivity index is 2.03. The minimum atomic E-state index is -0.817. The van der Waals surface area contributed by atoms with Gasteiger partial charge >= 0.3 is 0 Å². The molecule has 0 spiro atoms. The van der Waals surface area contributed by atoms with Gasteiger partial charge in [0.1, 0.15) is 5.92 Å². The topological polar surface area (TPSA) is 47.0 Å². The maximum Gasteiger partial charge on any atom is 0.178 e. The zero-order valence-corrected chi connectivity index (χ0v) is 12.3. The van der Waals surface area contributed by atoms with Crippen LogP contribution in [-0.4, -0.2) is 16.6 Å². The molecule has 0 radical (unpaired) electrons. The van der Waals surface area contributed by atoms with Crippen molar-refractivity contribution in [1.29, 1.82) is 0 Å². The Morgan fingerprint density at radius 3 is 1.52 bits per heavy atom. The van der Waals surface area contributed by atoms with Gasteiger partial charge in [0.15, 0.2) is 11.6 Å². The SMILES string of the molecule is O=C1c2ccccc2-c2ccccc2C(=O)C1c1ccncc1. The Kier molecular flexibility index (Phi) is 3.12. The molecule has 1 aromatic heterocycles. The summed E-state index contributed by atoms with van der Waals surface area (Å²) >= 11 is 0. The molecule has 0 saturated carbocycles. The second kappa shape index (κ2) is 5.29. The first kappa shape index (κ1) is 13.6. The molecule has 0 fully saturated rings. The van der Waals surface area contributed by atoms with E-state index in [1.165, 1.54) is 0 Å². The van der Waals surface area contributed by atoms with E-state index in [1.54, 1.807) is 36.7 Å².